The van der Waals surface area contributed by atoms with Crippen molar-refractivity contribution in [1.82, 2.24) is 10.6 Å². The van der Waals surface area contributed by atoms with E-state index in [9.17, 15) is 14.9 Å². The van der Waals surface area contributed by atoms with Crippen molar-refractivity contribution in [3.05, 3.63) is 39.9 Å². The van der Waals surface area contributed by atoms with Gasteiger partial charge < -0.3 is 10.6 Å². The van der Waals surface area contributed by atoms with Crippen molar-refractivity contribution in [2.24, 2.45) is 0 Å². The summed E-state index contributed by atoms with van der Waals surface area (Å²) in [6.07, 6.45) is 0. The second-order valence-electron chi connectivity index (χ2n) is 5.33. The quantitative estimate of drug-likeness (QED) is 0.621. The molecule has 6 nitrogen and oxygen atoms in total. The highest BCUT2D eigenvalue weighted by atomic mass is 35.5. The molecule has 1 aromatic carbocycles. The second-order valence-corrected chi connectivity index (χ2v) is 5.33. The van der Waals surface area contributed by atoms with Crippen LogP contribution >= 0.6 is 12.4 Å². The van der Waals surface area contributed by atoms with E-state index in [2.05, 4.69) is 10.6 Å². The summed E-state index contributed by atoms with van der Waals surface area (Å²) < 4.78 is 0. The highest BCUT2D eigenvalue weighted by Gasteiger charge is 2.30. The van der Waals surface area contributed by atoms with Gasteiger partial charge in [0.15, 0.2) is 0 Å². The fraction of sp³-hybridized carbons (Fsp3) is 0.500. The van der Waals surface area contributed by atoms with Crippen LogP contribution in [0.15, 0.2) is 24.3 Å². The number of carbonyl (C=O) groups is 1. The first kappa shape index (κ1) is 19.3. The van der Waals surface area contributed by atoms with Gasteiger partial charge in [-0.15, -0.1) is 12.4 Å². The predicted octanol–water partition coefficient (Wildman–Crippen LogP) is 2.02. The number of carbonyl (C=O) groups excluding carboxylic acids is 1. The third-order valence-electron chi connectivity index (χ3n) is 3.43. The molecule has 2 N–H and O–H groups in total. The first-order valence-electron chi connectivity index (χ1n) is 6.49. The van der Waals surface area contributed by atoms with Gasteiger partial charge in [-0.25, -0.2) is 0 Å². The van der Waals surface area contributed by atoms with Crippen molar-refractivity contribution < 1.29 is 9.72 Å². The Bertz CT molecular complexity index is 489. The number of halogens is 1. The molecule has 0 aromatic heterocycles. The molecule has 1 rings (SSSR count). The van der Waals surface area contributed by atoms with Crippen LogP contribution in [0.2, 0.25) is 0 Å². The lowest BCUT2D eigenvalue weighted by Crippen LogP contribution is -2.45. The van der Waals surface area contributed by atoms with E-state index in [0.29, 0.717) is 6.54 Å². The van der Waals surface area contributed by atoms with Gasteiger partial charge in [0.1, 0.15) is 0 Å². The second kappa shape index (κ2) is 7.95. The molecule has 0 fully saturated rings. The minimum Gasteiger partial charge on any atom is -0.354 e. The zero-order valence-corrected chi connectivity index (χ0v) is 13.5. The summed E-state index contributed by atoms with van der Waals surface area (Å²) in [6, 6.07) is 6.27. The molecule has 0 spiro atoms. The fourth-order valence-electron chi connectivity index (χ4n) is 1.70. The van der Waals surface area contributed by atoms with Crippen LogP contribution in [0.1, 0.15) is 26.3 Å². The molecule has 0 aliphatic carbocycles. The van der Waals surface area contributed by atoms with Gasteiger partial charge in [0, 0.05) is 24.7 Å². The maximum absolute atomic E-state index is 12.2. The lowest BCUT2D eigenvalue weighted by atomic mass is 9.83. The average Bonchev–Trinajstić information content (AvgIpc) is 2.44. The van der Waals surface area contributed by atoms with Crippen LogP contribution in [0.4, 0.5) is 5.69 Å². The number of hydrogen-bond acceptors (Lipinski definition) is 4. The highest BCUT2D eigenvalue weighted by Crippen LogP contribution is 2.25. The van der Waals surface area contributed by atoms with Crippen molar-refractivity contribution >= 4 is 24.0 Å². The molecule has 0 heterocycles. The molecule has 1 unspecified atom stereocenters. The summed E-state index contributed by atoms with van der Waals surface area (Å²) in [5.74, 6) is -0.103. The number of amides is 1. The van der Waals surface area contributed by atoms with Gasteiger partial charge in [-0.1, -0.05) is 12.1 Å². The van der Waals surface area contributed by atoms with Gasteiger partial charge in [-0.3, -0.25) is 14.9 Å². The molecule has 0 aliphatic rings. The number of benzene rings is 1. The standard InChI is InChI=1S/C14H21N3O3.ClH/c1-10(15-4)9-16-13(18)14(2,3)11-5-7-12(8-6-11)17(19)20;/h5-8,10,15H,9H2,1-4H3,(H,16,18);1H. The van der Waals surface area contributed by atoms with E-state index in [1.165, 1.54) is 12.1 Å². The molecule has 0 radical (unpaired) electrons. The largest absolute Gasteiger partial charge is 0.354 e. The molecular formula is C14H22ClN3O3. The van der Waals surface area contributed by atoms with Crippen LogP contribution in [-0.4, -0.2) is 30.5 Å². The van der Waals surface area contributed by atoms with Gasteiger partial charge in [0.25, 0.3) is 5.69 Å². The number of nitro benzene ring substituents is 1. The van der Waals surface area contributed by atoms with Crippen LogP contribution < -0.4 is 10.6 Å². The van der Waals surface area contributed by atoms with E-state index in [-0.39, 0.29) is 30.0 Å². The maximum atomic E-state index is 12.2. The molecule has 0 bridgehead atoms. The smallest absolute Gasteiger partial charge is 0.269 e. The maximum Gasteiger partial charge on any atom is 0.269 e. The molecule has 21 heavy (non-hydrogen) atoms. The van der Waals surface area contributed by atoms with Crippen LogP contribution in [0, 0.1) is 10.1 Å². The summed E-state index contributed by atoms with van der Waals surface area (Å²) in [6.45, 7) is 6.10. The molecule has 0 saturated heterocycles. The van der Waals surface area contributed by atoms with E-state index in [1.807, 2.05) is 14.0 Å². The van der Waals surface area contributed by atoms with Gasteiger partial charge in [0.05, 0.1) is 10.3 Å². The molecule has 1 aromatic rings. The molecule has 0 saturated carbocycles. The van der Waals surface area contributed by atoms with E-state index in [1.54, 1.807) is 26.0 Å². The summed E-state index contributed by atoms with van der Waals surface area (Å²) in [5, 5.41) is 16.5. The Kier molecular flexibility index (Phi) is 7.32. The summed E-state index contributed by atoms with van der Waals surface area (Å²) in [5.41, 5.74) is 0.0363. The van der Waals surface area contributed by atoms with E-state index >= 15 is 0 Å². The van der Waals surface area contributed by atoms with Crippen molar-refractivity contribution in [2.75, 3.05) is 13.6 Å². The van der Waals surface area contributed by atoms with Gasteiger partial charge in [0.2, 0.25) is 5.91 Å². The molecule has 118 valence electrons. The Morgan fingerprint density at radius 2 is 1.86 bits per heavy atom. The van der Waals surface area contributed by atoms with Crippen molar-refractivity contribution in [2.45, 2.75) is 32.2 Å². The Morgan fingerprint density at radius 3 is 2.29 bits per heavy atom. The third kappa shape index (κ3) is 4.99. The minimum absolute atomic E-state index is 0. The van der Waals surface area contributed by atoms with Gasteiger partial charge >= 0.3 is 0 Å². The van der Waals surface area contributed by atoms with Crippen LogP contribution in [0.25, 0.3) is 0 Å². The molecule has 7 heteroatoms. The number of likely N-dealkylation sites (N-methyl/N-ethyl adjacent to an activating group) is 1. The first-order valence-corrected chi connectivity index (χ1v) is 6.49. The lowest BCUT2D eigenvalue weighted by Gasteiger charge is -2.25. The predicted molar refractivity (Wildman–Crippen MR) is 84.9 cm³/mol. The Labute approximate surface area is 130 Å². The van der Waals surface area contributed by atoms with Gasteiger partial charge in [-0.2, -0.15) is 0 Å². The monoisotopic (exact) mass is 315 g/mol. The SMILES string of the molecule is CNC(C)CNC(=O)C(C)(C)c1ccc([N+](=O)[O-])cc1.Cl. The van der Waals surface area contributed by atoms with E-state index in [4.69, 9.17) is 0 Å². The summed E-state index contributed by atoms with van der Waals surface area (Å²) in [4.78, 5) is 22.4. The molecular weight excluding hydrogens is 294 g/mol. The normalized spacial score (nSPS) is 12.2. The average molecular weight is 316 g/mol. The van der Waals surface area contributed by atoms with E-state index < -0.39 is 10.3 Å². The van der Waals surface area contributed by atoms with Gasteiger partial charge in [-0.05, 0) is 33.4 Å². The molecule has 0 aliphatic heterocycles. The first-order chi connectivity index (χ1) is 9.28. The number of nitro groups is 1. The minimum atomic E-state index is -0.734. The van der Waals surface area contributed by atoms with E-state index in [0.717, 1.165) is 5.56 Å². The van der Waals surface area contributed by atoms with Crippen molar-refractivity contribution in [3.63, 3.8) is 0 Å². The number of hydrogen-bond donors (Lipinski definition) is 2. The number of non-ortho nitro benzene ring substituents is 1. The summed E-state index contributed by atoms with van der Waals surface area (Å²) >= 11 is 0. The Morgan fingerprint density at radius 1 is 1.33 bits per heavy atom. The van der Waals surface area contributed by atoms with Crippen molar-refractivity contribution in [1.29, 1.82) is 0 Å². The number of nitrogens with one attached hydrogen (secondary N) is 2. The number of nitrogens with zero attached hydrogens (tertiary/aromatic N) is 1. The zero-order chi connectivity index (χ0) is 15.3. The Hall–Kier alpha value is -1.66. The Balaban J connectivity index is 0.00000400. The van der Waals surface area contributed by atoms with Crippen LogP contribution in [0.5, 0.6) is 0 Å². The fourth-order valence-corrected chi connectivity index (χ4v) is 1.70. The van der Waals surface area contributed by atoms with Crippen LogP contribution in [-0.2, 0) is 10.2 Å². The topological polar surface area (TPSA) is 84.3 Å². The van der Waals surface area contributed by atoms with Crippen LogP contribution in [0.3, 0.4) is 0 Å². The molecule has 1 amide bonds. The highest BCUT2D eigenvalue weighted by molar-refractivity contribution is 5.87. The lowest BCUT2D eigenvalue weighted by molar-refractivity contribution is -0.384. The third-order valence-corrected chi connectivity index (χ3v) is 3.43. The summed E-state index contributed by atoms with van der Waals surface area (Å²) in [7, 11) is 1.83. The zero-order valence-electron chi connectivity index (χ0n) is 12.7. The van der Waals surface area contributed by atoms with Crippen molar-refractivity contribution in [3.8, 4) is 0 Å². The molecule has 1 atom stereocenters. The number of rotatable bonds is 6.